The lowest BCUT2D eigenvalue weighted by Crippen LogP contribution is -2.35. The summed E-state index contributed by atoms with van der Waals surface area (Å²) in [6.45, 7) is 3.66. The van der Waals surface area contributed by atoms with Crippen LogP contribution in [0, 0.1) is 0 Å². The number of ether oxygens (including phenoxy) is 2. The third kappa shape index (κ3) is 2.97. The van der Waals surface area contributed by atoms with Crippen molar-refractivity contribution in [2.75, 3.05) is 19.5 Å². The van der Waals surface area contributed by atoms with Gasteiger partial charge in [0.15, 0.2) is 16.7 Å². The highest BCUT2D eigenvalue weighted by atomic mass is 32.2. The van der Waals surface area contributed by atoms with E-state index in [0.29, 0.717) is 22.0 Å². The van der Waals surface area contributed by atoms with E-state index in [1.165, 1.54) is 29.8 Å². The summed E-state index contributed by atoms with van der Waals surface area (Å²) in [4.78, 5) is 30.7. The molecule has 1 amide bonds. The summed E-state index contributed by atoms with van der Waals surface area (Å²) in [5.41, 5.74) is 1.51. The standard InChI is InChI=1S/C17H18N2O5S/c1-4-24-16(22)14-9(2)19-13(21)8-25-17(19)18-15(14)10-5-6-11(20)12(7-10)23-3/h5-7,15,20H,4,8H2,1-3H3/t15-/m0/s1. The van der Waals surface area contributed by atoms with Crippen molar-refractivity contribution in [2.45, 2.75) is 19.9 Å². The highest BCUT2D eigenvalue weighted by Gasteiger charge is 2.40. The summed E-state index contributed by atoms with van der Waals surface area (Å²) in [5.74, 6) is -0.0386. The van der Waals surface area contributed by atoms with E-state index in [0.717, 1.165) is 0 Å². The molecule has 2 aliphatic rings. The molecule has 0 radical (unpaired) electrons. The monoisotopic (exact) mass is 362 g/mol. The third-order valence-corrected chi connectivity index (χ3v) is 4.96. The van der Waals surface area contributed by atoms with E-state index in [1.54, 1.807) is 26.0 Å². The van der Waals surface area contributed by atoms with E-state index >= 15 is 0 Å². The number of nitrogens with zero attached hydrogens (tertiary/aromatic N) is 2. The Morgan fingerprint density at radius 1 is 1.48 bits per heavy atom. The fraction of sp³-hybridized carbons (Fsp3) is 0.353. The van der Waals surface area contributed by atoms with Crippen LogP contribution in [0.5, 0.6) is 11.5 Å². The topological polar surface area (TPSA) is 88.4 Å². The molecule has 3 rings (SSSR count). The number of allylic oxidation sites excluding steroid dienone is 1. The second kappa shape index (κ2) is 6.79. The highest BCUT2D eigenvalue weighted by Crippen LogP contribution is 2.41. The lowest BCUT2D eigenvalue weighted by molar-refractivity contribution is -0.139. The van der Waals surface area contributed by atoms with Gasteiger partial charge in [0.05, 0.1) is 25.0 Å². The van der Waals surface area contributed by atoms with Gasteiger partial charge < -0.3 is 14.6 Å². The first kappa shape index (κ1) is 17.3. The summed E-state index contributed by atoms with van der Waals surface area (Å²) in [6, 6.07) is 4.17. The number of aliphatic imine (C=N–C) groups is 1. The number of aromatic hydroxyl groups is 1. The van der Waals surface area contributed by atoms with Crippen molar-refractivity contribution in [1.82, 2.24) is 4.90 Å². The number of carbonyl (C=O) groups is 2. The van der Waals surface area contributed by atoms with Crippen LogP contribution in [-0.4, -0.2) is 46.5 Å². The molecular weight excluding hydrogens is 344 g/mol. The zero-order chi connectivity index (χ0) is 18.1. The number of methoxy groups -OCH3 is 1. The van der Waals surface area contributed by atoms with Crippen molar-refractivity contribution in [3.05, 3.63) is 35.0 Å². The summed E-state index contributed by atoms with van der Waals surface area (Å²) in [6.07, 6.45) is 0. The predicted octanol–water partition coefficient (Wildman–Crippen LogP) is 2.22. The van der Waals surface area contributed by atoms with E-state index in [-0.39, 0.29) is 29.8 Å². The number of phenolic OH excluding ortho intramolecular Hbond substituents is 1. The van der Waals surface area contributed by atoms with Crippen molar-refractivity contribution < 1.29 is 24.2 Å². The number of benzene rings is 1. The van der Waals surface area contributed by atoms with Crippen molar-refractivity contribution >= 4 is 28.8 Å². The lowest BCUT2D eigenvalue weighted by atomic mass is 9.95. The smallest absolute Gasteiger partial charge is 0.338 e. The molecule has 0 spiro atoms. The van der Waals surface area contributed by atoms with Crippen molar-refractivity contribution in [2.24, 2.45) is 4.99 Å². The Labute approximate surface area is 149 Å². The third-order valence-electron chi connectivity index (χ3n) is 4.02. The zero-order valence-electron chi connectivity index (χ0n) is 14.1. The predicted molar refractivity (Wildman–Crippen MR) is 93.5 cm³/mol. The average Bonchev–Trinajstić information content (AvgIpc) is 2.96. The van der Waals surface area contributed by atoms with Crippen LogP contribution in [0.3, 0.4) is 0 Å². The molecule has 7 nitrogen and oxygen atoms in total. The molecule has 0 unspecified atom stereocenters. The van der Waals surface area contributed by atoms with Gasteiger partial charge in [-0.3, -0.25) is 9.69 Å². The zero-order valence-corrected chi connectivity index (χ0v) is 14.9. The number of carbonyl (C=O) groups excluding carboxylic acids is 2. The Morgan fingerprint density at radius 3 is 2.92 bits per heavy atom. The van der Waals surface area contributed by atoms with Crippen LogP contribution in [0.1, 0.15) is 25.5 Å². The molecule has 1 saturated heterocycles. The van der Waals surface area contributed by atoms with E-state index < -0.39 is 12.0 Å². The maximum absolute atomic E-state index is 12.5. The summed E-state index contributed by atoms with van der Waals surface area (Å²) in [7, 11) is 1.45. The maximum atomic E-state index is 12.5. The second-order valence-corrected chi connectivity index (χ2v) is 6.43. The van der Waals surface area contributed by atoms with Gasteiger partial charge >= 0.3 is 5.97 Å². The number of phenols is 1. The molecule has 1 atom stereocenters. The molecule has 1 fully saturated rings. The minimum atomic E-state index is -0.627. The Morgan fingerprint density at radius 2 is 2.24 bits per heavy atom. The van der Waals surface area contributed by atoms with Gasteiger partial charge in [0.2, 0.25) is 5.91 Å². The molecule has 132 valence electrons. The number of hydrogen-bond acceptors (Lipinski definition) is 7. The molecule has 0 bridgehead atoms. The maximum Gasteiger partial charge on any atom is 0.338 e. The number of fused-ring (bicyclic) bond motifs is 1. The fourth-order valence-corrected chi connectivity index (χ4v) is 3.78. The molecule has 0 saturated carbocycles. The quantitative estimate of drug-likeness (QED) is 0.827. The van der Waals surface area contributed by atoms with Crippen molar-refractivity contribution in [3.8, 4) is 11.5 Å². The number of amidine groups is 1. The number of esters is 1. The number of hydrogen-bond donors (Lipinski definition) is 1. The SMILES string of the molecule is CCOC(=O)C1=C(C)N2C(=O)CSC2=N[C@H]1c1ccc(O)c(OC)c1. The first-order chi connectivity index (χ1) is 12.0. The van der Waals surface area contributed by atoms with Gasteiger partial charge in [-0.1, -0.05) is 17.8 Å². The molecule has 1 aromatic carbocycles. The fourth-order valence-electron chi connectivity index (χ4n) is 2.85. The Bertz CT molecular complexity index is 802. The van der Waals surface area contributed by atoms with E-state index in [1.807, 2.05) is 0 Å². The first-order valence-corrected chi connectivity index (χ1v) is 8.74. The Hall–Kier alpha value is -2.48. The molecule has 2 heterocycles. The van der Waals surface area contributed by atoms with Gasteiger partial charge in [0, 0.05) is 5.70 Å². The van der Waals surface area contributed by atoms with Gasteiger partial charge in [-0.15, -0.1) is 0 Å². The second-order valence-electron chi connectivity index (χ2n) is 5.48. The summed E-state index contributed by atoms with van der Waals surface area (Å²) >= 11 is 1.34. The Balaban J connectivity index is 2.12. The van der Waals surface area contributed by atoms with E-state index in [9.17, 15) is 14.7 Å². The minimum Gasteiger partial charge on any atom is -0.504 e. The first-order valence-electron chi connectivity index (χ1n) is 7.76. The minimum absolute atomic E-state index is 0.000134. The molecular formula is C17H18N2O5S. The normalized spacial score (nSPS) is 19.6. The average molecular weight is 362 g/mol. The van der Waals surface area contributed by atoms with Gasteiger partial charge in [-0.2, -0.15) is 0 Å². The van der Waals surface area contributed by atoms with Crippen LogP contribution in [-0.2, 0) is 14.3 Å². The van der Waals surface area contributed by atoms with Crippen LogP contribution in [0.2, 0.25) is 0 Å². The van der Waals surface area contributed by atoms with E-state index in [4.69, 9.17) is 9.47 Å². The molecule has 0 aromatic heterocycles. The number of thioether (sulfide) groups is 1. The van der Waals surface area contributed by atoms with Crippen molar-refractivity contribution in [3.63, 3.8) is 0 Å². The Kier molecular flexibility index (Phi) is 4.71. The molecule has 2 aliphatic heterocycles. The van der Waals surface area contributed by atoms with Gasteiger partial charge in [0.1, 0.15) is 6.04 Å². The van der Waals surface area contributed by atoms with Crippen LogP contribution in [0.15, 0.2) is 34.5 Å². The largest absolute Gasteiger partial charge is 0.504 e. The van der Waals surface area contributed by atoms with Crippen LogP contribution >= 0.6 is 11.8 Å². The summed E-state index contributed by atoms with van der Waals surface area (Å²) in [5, 5.41) is 10.4. The molecule has 1 N–H and O–H groups in total. The molecule has 0 aliphatic carbocycles. The molecule has 8 heteroatoms. The highest BCUT2D eigenvalue weighted by molar-refractivity contribution is 8.15. The van der Waals surface area contributed by atoms with Gasteiger partial charge in [0.25, 0.3) is 0 Å². The van der Waals surface area contributed by atoms with Crippen molar-refractivity contribution in [1.29, 1.82) is 0 Å². The van der Waals surface area contributed by atoms with Crippen LogP contribution < -0.4 is 4.74 Å². The van der Waals surface area contributed by atoms with Gasteiger partial charge in [-0.25, -0.2) is 9.79 Å². The van der Waals surface area contributed by atoms with Gasteiger partial charge in [-0.05, 0) is 31.5 Å². The van der Waals surface area contributed by atoms with E-state index in [2.05, 4.69) is 4.99 Å². The molecule has 1 aromatic rings. The van der Waals surface area contributed by atoms with Crippen LogP contribution in [0.25, 0.3) is 0 Å². The summed E-state index contributed by atoms with van der Waals surface area (Å²) < 4.78 is 10.3. The number of amides is 1. The lowest BCUT2D eigenvalue weighted by Gasteiger charge is -2.29. The number of rotatable bonds is 4. The molecule has 25 heavy (non-hydrogen) atoms. The van der Waals surface area contributed by atoms with Crippen LogP contribution in [0.4, 0.5) is 0 Å².